The molecule has 116 valence electrons. The van der Waals surface area contributed by atoms with E-state index in [1.165, 1.54) is 0 Å². The number of unbranched alkanes of at least 4 members (excludes halogenated alkanes) is 1. The summed E-state index contributed by atoms with van der Waals surface area (Å²) in [5, 5.41) is 5.71. The van der Waals surface area contributed by atoms with E-state index in [1.807, 2.05) is 20.9 Å². The van der Waals surface area contributed by atoms with E-state index in [0.29, 0.717) is 26.0 Å². The average molecular weight is 276 g/mol. The number of ether oxygens (including phenoxy) is 2. The fraction of sp³-hybridized carbons (Fsp3) is 0.929. The van der Waals surface area contributed by atoms with Gasteiger partial charge >= 0.3 is 0 Å². The minimum Gasteiger partial charge on any atom is -0.364 e. The van der Waals surface area contributed by atoms with Gasteiger partial charge in [0.1, 0.15) is 6.10 Å². The molecule has 19 heavy (non-hydrogen) atoms. The van der Waals surface area contributed by atoms with Crippen molar-refractivity contribution in [2.45, 2.75) is 59.2 Å². The van der Waals surface area contributed by atoms with Crippen LogP contribution in [0.3, 0.4) is 0 Å². The van der Waals surface area contributed by atoms with Gasteiger partial charge in [-0.15, -0.1) is 0 Å². The van der Waals surface area contributed by atoms with Crippen molar-refractivity contribution < 1.29 is 14.3 Å². The van der Waals surface area contributed by atoms with Crippen LogP contribution in [-0.4, -0.2) is 45.5 Å². The number of carbonyl (C=O) groups is 1. The molecular formula is C14H32N2O3. The molecule has 0 radical (unpaired) electrons. The monoisotopic (exact) mass is 276 g/mol. The van der Waals surface area contributed by atoms with Gasteiger partial charge in [0.05, 0.1) is 19.6 Å². The zero-order chi connectivity index (χ0) is 15.1. The Labute approximate surface area is 118 Å². The van der Waals surface area contributed by atoms with E-state index in [-0.39, 0.29) is 11.9 Å². The van der Waals surface area contributed by atoms with Crippen LogP contribution < -0.4 is 10.6 Å². The molecule has 1 atom stereocenters. The lowest BCUT2D eigenvalue weighted by atomic mass is 10.1. The third-order valence-corrected chi connectivity index (χ3v) is 2.27. The highest BCUT2D eigenvalue weighted by Crippen LogP contribution is 2.01. The number of nitrogens with one attached hydrogen (secondary N) is 2. The van der Waals surface area contributed by atoms with Crippen LogP contribution in [-0.2, 0) is 14.3 Å². The lowest BCUT2D eigenvalue weighted by Gasteiger charge is -2.10. The summed E-state index contributed by atoms with van der Waals surface area (Å²) < 4.78 is 10.3. The maximum Gasteiger partial charge on any atom is 0.161 e. The number of rotatable bonds is 10. The lowest BCUT2D eigenvalue weighted by molar-refractivity contribution is -0.130. The molecule has 0 aliphatic heterocycles. The van der Waals surface area contributed by atoms with E-state index >= 15 is 0 Å². The molecule has 2 N–H and O–H groups in total. The Hall–Kier alpha value is -0.490. The quantitative estimate of drug-likeness (QED) is 0.597. The van der Waals surface area contributed by atoms with Crippen molar-refractivity contribution in [1.29, 1.82) is 0 Å². The van der Waals surface area contributed by atoms with Crippen molar-refractivity contribution >= 4 is 5.78 Å². The molecule has 0 saturated heterocycles. The average Bonchev–Trinajstić information content (AvgIpc) is 2.40. The predicted molar refractivity (Wildman–Crippen MR) is 79.2 cm³/mol. The third kappa shape index (κ3) is 17.5. The SMILES string of the molecule is CCCCC(=O)C(C)OCNC.CNCOC(C)C. The Morgan fingerprint density at radius 3 is 1.95 bits per heavy atom. The number of hydrogen-bond donors (Lipinski definition) is 2. The van der Waals surface area contributed by atoms with Crippen LogP contribution in [0.4, 0.5) is 0 Å². The largest absolute Gasteiger partial charge is 0.364 e. The predicted octanol–water partition coefficient (Wildman–Crippen LogP) is 1.92. The first kappa shape index (κ1) is 20.8. The molecule has 1 unspecified atom stereocenters. The first-order chi connectivity index (χ1) is 8.99. The normalized spacial score (nSPS) is 11.9. The van der Waals surface area contributed by atoms with Gasteiger partial charge in [0.25, 0.3) is 0 Å². The second kappa shape index (κ2) is 15.6. The van der Waals surface area contributed by atoms with Crippen LogP contribution in [0.1, 0.15) is 47.0 Å². The van der Waals surface area contributed by atoms with Crippen molar-refractivity contribution in [3.8, 4) is 0 Å². The Kier molecular flexibility index (Phi) is 17.1. The van der Waals surface area contributed by atoms with Gasteiger partial charge in [0, 0.05) is 6.42 Å². The highest BCUT2D eigenvalue weighted by molar-refractivity contribution is 5.82. The van der Waals surface area contributed by atoms with Crippen LogP contribution in [0.15, 0.2) is 0 Å². The molecular weight excluding hydrogens is 244 g/mol. The van der Waals surface area contributed by atoms with Crippen molar-refractivity contribution in [3.63, 3.8) is 0 Å². The molecule has 0 saturated carbocycles. The summed E-state index contributed by atoms with van der Waals surface area (Å²) in [6, 6.07) is 0. The number of ketones is 1. The summed E-state index contributed by atoms with van der Waals surface area (Å²) in [6.07, 6.45) is 2.74. The molecule has 5 heteroatoms. The summed E-state index contributed by atoms with van der Waals surface area (Å²) in [4.78, 5) is 11.3. The van der Waals surface area contributed by atoms with Crippen LogP contribution >= 0.6 is 0 Å². The van der Waals surface area contributed by atoms with E-state index in [2.05, 4.69) is 17.6 Å². The zero-order valence-electron chi connectivity index (χ0n) is 13.4. The molecule has 0 spiro atoms. The maximum atomic E-state index is 11.3. The highest BCUT2D eigenvalue weighted by Gasteiger charge is 2.11. The Morgan fingerprint density at radius 2 is 1.58 bits per heavy atom. The molecule has 0 fully saturated rings. The van der Waals surface area contributed by atoms with Gasteiger partial charge in [-0.25, -0.2) is 0 Å². The summed E-state index contributed by atoms with van der Waals surface area (Å²) >= 11 is 0. The van der Waals surface area contributed by atoms with Crippen LogP contribution in [0.2, 0.25) is 0 Å². The topological polar surface area (TPSA) is 59.6 Å². The van der Waals surface area contributed by atoms with Gasteiger partial charge in [-0.1, -0.05) is 13.3 Å². The second-order valence-electron chi connectivity index (χ2n) is 4.59. The van der Waals surface area contributed by atoms with Gasteiger partial charge in [-0.2, -0.15) is 0 Å². The highest BCUT2D eigenvalue weighted by atomic mass is 16.5. The molecule has 0 heterocycles. The summed E-state index contributed by atoms with van der Waals surface area (Å²) in [5.41, 5.74) is 0. The van der Waals surface area contributed by atoms with Gasteiger partial charge in [0.2, 0.25) is 0 Å². The third-order valence-electron chi connectivity index (χ3n) is 2.27. The first-order valence-corrected chi connectivity index (χ1v) is 7.04. The fourth-order valence-corrected chi connectivity index (χ4v) is 1.11. The number of Topliss-reactive ketones (excluding diaryl/α,β-unsaturated/α-hetero) is 1. The summed E-state index contributed by atoms with van der Waals surface area (Å²) in [6.45, 7) is 8.99. The van der Waals surface area contributed by atoms with Gasteiger partial charge in [-0.05, 0) is 41.3 Å². The molecule has 0 aromatic heterocycles. The van der Waals surface area contributed by atoms with Crippen LogP contribution in [0, 0.1) is 0 Å². The van der Waals surface area contributed by atoms with Gasteiger partial charge in [0.15, 0.2) is 5.78 Å². The Balaban J connectivity index is 0. The van der Waals surface area contributed by atoms with Crippen molar-refractivity contribution in [2.24, 2.45) is 0 Å². The Bertz CT molecular complexity index is 199. The van der Waals surface area contributed by atoms with Gasteiger partial charge in [-0.3, -0.25) is 15.4 Å². The molecule has 0 aromatic carbocycles. The molecule has 5 nitrogen and oxygen atoms in total. The van der Waals surface area contributed by atoms with E-state index in [9.17, 15) is 4.79 Å². The van der Waals surface area contributed by atoms with Gasteiger partial charge < -0.3 is 9.47 Å². The molecule has 0 rings (SSSR count). The molecule has 0 bridgehead atoms. The zero-order valence-corrected chi connectivity index (χ0v) is 13.4. The molecule has 0 aliphatic rings. The summed E-state index contributed by atoms with van der Waals surface area (Å²) in [7, 11) is 3.66. The number of carbonyl (C=O) groups excluding carboxylic acids is 1. The molecule has 0 aliphatic carbocycles. The number of hydrogen-bond acceptors (Lipinski definition) is 5. The maximum absolute atomic E-state index is 11.3. The lowest BCUT2D eigenvalue weighted by Crippen LogP contribution is -2.25. The second-order valence-corrected chi connectivity index (χ2v) is 4.59. The van der Waals surface area contributed by atoms with E-state index in [4.69, 9.17) is 9.47 Å². The smallest absolute Gasteiger partial charge is 0.161 e. The van der Waals surface area contributed by atoms with Crippen LogP contribution in [0.25, 0.3) is 0 Å². The van der Waals surface area contributed by atoms with Crippen LogP contribution in [0.5, 0.6) is 0 Å². The standard InChI is InChI=1S/C9H19NO2.C5H13NO/c1-4-5-6-9(11)8(2)12-7-10-3;1-5(2)7-4-6-3/h8,10H,4-7H2,1-3H3;5-6H,4H2,1-3H3. The fourth-order valence-electron chi connectivity index (χ4n) is 1.11. The van der Waals surface area contributed by atoms with E-state index in [1.54, 1.807) is 14.0 Å². The minimum absolute atomic E-state index is 0.201. The molecule has 0 amide bonds. The first-order valence-electron chi connectivity index (χ1n) is 7.04. The Morgan fingerprint density at radius 1 is 1.05 bits per heavy atom. The minimum atomic E-state index is -0.260. The van der Waals surface area contributed by atoms with E-state index in [0.717, 1.165) is 12.8 Å². The molecule has 0 aromatic rings. The van der Waals surface area contributed by atoms with Crippen molar-refractivity contribution in [1.82, 2.24) is 10.6 Å². The summed E-state index contributed by atoms with van der Waals surface area (Å²) in [5.74, 6) is 0.201. The van der Waals surface area contributed by atoms with E-state index < -0.39 is 0 Å². The van der Waals surface area contributed by atoms with Crippen molar-refractivity contribution in [3.05, 3.63) is 0 Å². The van der Waals surface area contributed by atoms with Crippen molar-refractivity contribution in [2.75, 3.05) is 27.6 Å².